The summed E-state index contributed by atoms with van der Waals surface area (Å²) in [5.41, 5.74) is 0.467. The molecular weight excluding hydrogens is 535 g/mol. The van der Waals surface area contributed by atoms with E-state index in [0.717, 1.165) is 30.7 Å². The Kier molecular flexibility index (Phi) is 6.65. The molecule has 3 aliphatic rings. The Balaban J connectivity index is 1.38. The van der Waals surface area contributed by atoms with Crippen molar-refractivity contribution in [1.29, 1.82) is 0 Å². The molecule has 0 radical (unpaired) electrons. The quantitative estimate of drug-likeness (QED) is 0.405. The molecule has 41 heavy (non-hydrogen) atoms. The van der Waals surface area contributed by atoms with Crippen LogP contribution in [0.5, 0.6) is 5.75 Å². The molecule has 8 nitrogen and oxygen atoms in total. The molecule has 0 saturated heterocycles. The van der Waals surface area contributed by atoms with E-state index in [1.54, 1.807) is 25.6 Å². The molecule has 2 heterocycles. The number of nitrogens with one attached hydrogen (secondary N) is 1. The van der Waals surface area contributed by atoms with Crippen molar-refractivity contribution in [3.05, 3.63) is 70.3 Å². The zero-order valence-electron chi connectivity index (χ0n) is 23.6. The van der Waals surface area contributed by atoms with Crippen LogP contribution in [0.2, 0.25) is 0 Å². The number of aryl methyl sites for hydroxylation is 1. The lowest BCUT2D eigenvalue weighted by Crippen LogP contribution is -2.48. The van der Waals surface area contributed by atoms with Gasteiger partial charge in [0, 0.05) is 43.6 Å². The van der Waals surface area contributed by atoms with Crippen molar-refractivity contribution >= 4 is 11.6 Å². The number of hydrogen-bond acceptors (Lipinski definition) is 6. The molecule has 2 fully saturated rings. The lowest BCUT2D eigenvalue weighted by atomic mass is 9.62. The Morgan fingerprint density at radius 2 is 1.88 bits per heavy atom. The Labute approximate surface area is 236 Å². The van der Waals surface area contributed by atoms with Crippen LogP contribution >= 0.6 is 0 Å². The van der Waals surface area contributed by atoms with Crippen LogP contribution in [0, 0.1) is 0 Å². The van der Waals surface area contributed by atoms with E-state index in [2.05, 4.69) is 22.4 Å². The molecule has 3 aromatic rings. The number of methoxy groups -OCH3 is 2. The van der Waals surface area contributed by atoms with Gasteiger partial charge < -0.3 is 24.3 Å². The number of amides is 1. The molecule has 6 rings (SSSR count). The first-order chi connectivity index (χ1) is 19.5. The van der Waals surface area contributed by atoms with Crippen LogP contribution in [0.3, 0.4) is 0 Å². The summed E-state index contributed by atoms with van der Waals surface area (Å²) in [6.07, 6.45) is 1.41. The van der Waals surface area contributed by atoms with Gasteiger partial charge in [0.05, 0.1) is 30.7 Å². The van der Waals surface area contributed by atoms with Crippen molar-refractivity contribution in [1.82, 2.24) is 20.1 Å². The van der Waals surface area contributed by atoms with Crippen molar-refractivity contribution in [2.24, 2.45) is 7.05 Å². The van der Waals surface area contributed by atoms with E-state index >= 15 is 0 Å². The summed E-state index contributed by atoms with van der Waals surface area (Å²) in [7, 11) is 5.06. The predicted molar refractivity (Wildman–Crippen MR) is 146 cm³/mol. The highest BCUT2D eigenvalue weighted by molar-refractivity contribution is 6.10. The average Bonchev–Trinajstić information content (AvgIpc) is 3.48. The Morgan fingerprint density at radius 3 is 2.46 bits per heavy atom. The molecule has 1 N–H and O–H groups in total. The molecule has 1 aliphatic heterocycles. The van der Waals surface area contributed by atoms with E-state index in [0.29, 0.717) is 29.8 Å². The summed E-state index contributed by atoms with van der Waals surface area (Å²) in [6.45, 7) is 2.16. The largest absolute Gasteiger partial charge is 0.497 e. The summed E-state index contributed by atoms with van der Waals surface area (Å²) >= 11 is 0. The normalized spacial score (nSPS) is 23.2. The van der Waals surface area contributed by atoms with Crippen molar-refractivity contribution in [2.75, 3.05) is 19.1 Å². The maximum atomic E-state index is 14.3. The van der Waals surface area contributed by atoms with E-state index in [4.69, 9.17) is 9.47 Å². The first-order valence-electron chi connectivity index (χ1n) is 13.8. The standard InChI is InChI=1S/C30H34F3N5O3/c1-28(6-5-7-28)34-15-18-8-23-24(25(9-18)30(31,32)33)16-38(26(23)39)20-10-19(11-21(12-20)40-3)29(13-22(14-29)41-4)27-36-35-17-37(27)2/h8-12,17,22,34H,5-7,13-16H2,1-4H3/t22-,29+. The molecule has 0 spiro atoms. The Morgan fingerprint density at radius 1 is 1.12 bits per heavy atom. The van der Waals surface area contributed by atoms with Crippen molar-refractivity contribution in [3.63, 3.8) is 0 Å². The van der Waals surface area contributed by atoms with Crippen LogP contribution in [-0.4, -0.2) is 46.5 Å². The van der Waals surface area contributed by atoms with Crippen molar-refractivity contribution in [2.45, 2.75) is 75.4 Å². The predicted octanol–water partition coefficient (Wildman–Crippen LogP) is 5.13. The number of hydrogen-bond donors (Lipinski definition) is 1. The minimum atomic E-state index is -4.59. The molecule has 2 saturated carbocycles. The molecule has 11 heteroatoms. The molecule has 218 valence electrons. The Bertz CT molecular complexity index is 1490. The molecule has 0 bridgehead atoms. The molecule has 1 amide bonds. The fraction of sp³-hybridized carbons (Fsp3) is 0.500. The monoisotopic (exact) mass is 569 g/mol. The number of benzene rings is 2. The number of anilines is 1. The number of ether oxygens (including phenoxy) is 2. The van der Waals surface area contributed by atoms with Gasteiger partial charge in [-0.05, 0) is 80.0 Å². The Hall–Kier alpha value is -3.44. The number of alkyl halides is 3. The number of halogens is 3. The summed E-state index contributed by atoms with van der Waals surface area (Å²) in [5.74, 6) is 0.786. The zero-order chi connectivity index (χ0) is 29.2. The van der Waals surface area contributed by atoms with Gasteiger partial charge in [0.15, 0.2) is 0 Å². The minimum absolute atomic E-state index is 0.00317. The molecular formula is C30H34F3N5O3. The topological polar surface area (TPSA) is 81.5 Å². The highest BCUT2D eigenvalue weighted by atomic mass is 19.4. The average molecular weight is 570 g/mol. The van der Waals surface area contributed by atoms with Gasteiger partial charge in [-0.2, -0.15) is 13.2 Å². The van der Waals surface area contributed by atoms with Crippen molar-refractivity contribution < 1.29 is 27.4 Å². The SMILES string of the molecule is COc1cc(N2Cc3c(cc(CNC4(C)CCC4)cc3C(F)(F)F)C2=O)cc([C@]2(c3nncn3C)C[C@@H](OC)C2)c1. The third-order valence-electron chi connectivity index (χ3n) is 9.20. The van der Waals surface area contributed by atoms with Crippen LogP contribution in [0.4, 0.5) is 18.9 Å². The van der Waals surface area contributed by atoms with Gasteiger partial charge in [0.1, 0.15) is 17.9 Å². The number of rotatable bonds is 8. The van der Waals surface area contributed by atoms with Crippen LogP contribution in [0.15, 0.2) is 36.7 Å². The summed E-state index contributed by atoms with van der Waals surface area (Å²) < 4.78 is 55.9. The highest BCUT2D eigenvalue weighted by Crippen LogP contribution is 2.51. The van der Waals surface area contributed by atoms with E-state index in [9.17, 15) is 18.0 Å². The van der Waals surface area contributed by atoms with E-state index < -0.39 is 23.1 Å². The summed E-state index contributed by atoms with van der Waals surface area (Å²) in [4.78, 5) is 15.2. The number of nitrogens with zero attached hydrogens (tertiary/aromatic N) is 4. The number of carbonyl (C=O) groups is 1. The van der Waals surface area contributed by atoms with E-state index in [1.807, 2.05) is 23.7 Å². The third-order valence-corrected chi connectivity index (χ3v) is 9.20. The second kappa shape index (κ2) is 9.84. The molecule has 0 unspecified atom stereocenters. The van der Waals surface area contributed by atoms with Crippen LogP contribution in [-0.2, 0) is 36.5 Å². The van der Waals surface area contributed by atoms with Crippen LogP contribution in [0.25, 0.3) is 0 Å². The molecule has 0 atom stereocenters. The first-order valence-corrected chi connectivity index (χ1v) is 13.8. The van der Waals surface area contributed by atoms with Gasteiger partial charge in [-0.1, -0.05) is 0 Å². The maximum absolute atomic E-state index is 14.3. The number of aromatic nitrogens is 3. The van der Waals surface area contributed by atoms with Crippen LogP contribution < -0.4 is 15.0 Å². The van der Waals surface area contributed by atoms with Crippen LogP contribution in [0.1, 0.15) is 77.5 Å². The minimum Gasteiger partial charge on any atom is -0.497 e. The molecule has 2 aromatic carbocycles. The highest BCUT2D eigenvalue weighted by Gasteiger charge is 2.51. The lowest BCUT2D eigenvalue weighted by Gasteiger charge is -2.46. The van der Waals surface area contributed by atoms with Gasteiger partial charge >= 0.3 is 6.18 Å². The maximum Gasteiger partial charge on any atom is 0.416 e. The zero-order valence-corrected chi connectivity index (χ0v) is 23.6. The van der Waals surface area contributed by atoms with Gasteiger partial charge in [-0.25, -0.2) is 0 Å². The van der Waals surface area contributed by atoms with Gasteiger partial charge in [-0.15, -0.1) is 10.2 Å². The fourth-order valence-corrected chi connectivity index (χ4v) is 6.51. The number of fused-ring (bicyclic) bond motifs is 1. The van der Waals surface area contributed by atoms with Gasteiger partial charge in [-0.3, -0.25) is 4.79 Å². The summed E-state index contributed by atoms with van der Waals surface area (Å²) in [5, 5.41) is 11.8. The second-order valence-corrected chi connectivity index (χ2v) is 11.9. The first kappa shape index (κ1) is 27.7. The van der Waals surface area contributed by atoms with Gasteiger partial charge in [0.25, 0.3) is 5.91 Å². The molecule has 1 aromatic heterocycles. The van der Waals surface area contributed by atoms with E-state index in [-0.39, 0.29) is 35.9 Å². The fourth-order valence-electron chi connectivity index (χ4n) is 6.51. The molecule has 2 aliphatic carbocycles. The van der Waals surface area contributed by atoms with Crippen molar-refractivity contribution in [3.8, 4) is 5.75 Å². The van der Waals surface area contributed by atoms with E-state index in [1.165, 1.54) is 18.1 Å². The smallest absolute Gasteiger partial charge is 0.416 e. The number of carbonyl (C=O) groups excluding carboxylic acids is 1. The lowest BCUT2D eigenvalue weighted by molar-refractivity contribution is -0.138. The third kappa shape index (κ3) is 4.68. The van der Waals surface area contributed by atoms with Gasteiger partial charge in [0.2, 0.25) is 0 Å². The summed E-state index contributed by atoms with van der Waals surface area (Å²) in [6, 6.07) is 8.24. The second-order valence-electron chi connectivity index (χ2n) is 11.9.